The Labute approximate surface area is 168 Å². The predicted molar refractivity (Wildman–Crippen MR) is 117 cm³/mol. The van der Waals surface area contributed by atoms with Gasteiger partial charge in [-0.25, -0.2) is 0 Å². The molecule has 0 radical (unpaired) electrons. The van der Waals surface area contributed by atoms with Crippen molar-refractivity contribution in [2.75, 3.05) is 32.1 Å². The highest BCUT2D eigenvalue weighted by Gasteiger charge is 2.34. The zero-order chi connectivity index (χ0) is 20.3. The van der Waals surface area contributed by atoms with E-state index in [9.17, 15) is 4.79 Å². The molecule has 0 fully saturated rings. The number of hydrogen-bond donors (Lipinski definition) is 0. The second-order valence-corrected chi connectivity index (χ2v) is 8.00. The number of hydrogen-bond acceptors (Lipinski definition) is 4. The number of ether oxygens (including phenoxy) is 1. The standard InChI is InChI=1S/C24H30N2O2/c1-6-28-23(27)8-7-13-25-19-11-9-17-14-18-10-12-20(26(4)5)16-22(18)24(2,3)21(17)15-19/h9-12,14-16H,6-8,13H2,1-5H3. The fraction of sp³-hybridized carbons (Fsp3) is 0.417. The number of anilines is 1. The highest BCUT2D eigenvalue weighted by Crippen LogP contribution is 2.45. The Morgan fingerprint density at radius 1 is 1.18 bits per heavy atom. The van der Waals surface area contributed by atoms with Crippen molar-refractivity contribution in [1.82, 2.24) is 0 Å². The summed E-state index contributed by atoms with van der Waals surface area (Å²) in [6.45, 7) is 7.45. The zero-order valence-corrected chi connectivity index (χ0v) is 17.6. The first-order chi connectivity index (χ1) is 13.3. The molecule has 1 aromatic carbocycles. The zero-order valence-electron chi connectivity index (χ0n) is 17.6. The van der Waals surface area contributed by atoms with Crippen LogP contribution in [0.4, 0.5) is 5.69 Å². The summed E-state index contributed by atoms with van der Waals surface area (Å²) in [7, 11) is 4.14. The molecule has 0 spiro atoms. The Morgan fingerprint density at radius 2 is 1.96 bits per heavy atom. The molecule has 0 unspecified atom stereocenters. The van der Waals surface area contributed by atoms with E-state index in [1.807, 2.05) is 6.92 Å². The van der Waals surface area contributed by atoms with Crippen molar-refractivity contribution >= 4 is 23.4 Å². The largest absolute Gasteiger partial charge is 0.466 e. The third-order valence-corrected chi connectivity index (χ3v) is 5.39. The molecule has 0 bridgehead atoms. The van der Waals surface area contributed by atoms with Crippen LogP contribution < -0.4 is 4.90 Å². The van der Waals surface area contributed by atoms with E-state index in [4.69, 9.17) is 4.74 Å². The van der Waals surface area contributed by atoms with Crippen molar-refractivity contribution in [3.05, 3.63) is 58.7 Å². The smallest absolute Gasteiger partial charge is 0.305 e. The molecule has 0 amide bonds. The Kier molecular flexibility index (Phi) is 5.87. The molecule has 4 nitrogen and oxygen atoms in total. The lowest BCUT2D eigenvalue weighted by Crippen LogP contribution is -2.28. The van der Waals surface area contributed by atoms with Crippen LogP contribution in [0.1, 0.15) is 44.7 Å². The summed E-state index contributed by atoms with van der Waals surface area (Å²) in [5.74, 6) is -0.146. The Balaban J connectivity index is 1.82. The summed E-state index contributed by atoms with van der Waals surface area (Å²) in [5.41, 5.74) is 7.25. The first-order valence-corrected chi connectivity index (χ1v) is 9.97. The van der Waals surface area contributed by atoms with Crippen LogP contribution in [-0.2, 0) is 14.9 Å². The van der Waals surface area contributed by atoms with E-state index in [1.165, 1.54) is 28.0 Å². The summed E-state index contributed by atoms with van der Waals surface area (Å²) in [6.07, 6.45) is 9.81. The molecule has 3 rings (SSSR count). The summed E-state index contributed by atoms with van der Waals surface area (Å²) in [6, 6.07) is 6.67. The van der Waals surface area contributed by atoms with Gasteiger partial charge in [-0.15, -0.1) is 0 Å². The van der Waals surface area contributed by atoms with Gasteiger partial charge in [0, 0.05) is 38.2 Å². The normalized spacial score (nSPS) is 18.1. The Morgan fingerprint density at radius 3 is 2.68 bits per heavy atom. The van der Waals surface area contributed by atoms with Crippen LogP contribution in [0.5, 0.6) is 0 Å². The number of aliphatic imine (C=N–C) groups is 1. The van der Waals surface area contributed by atoms with Gasteiger partial charge in [0.25, 0.3) is 0 Å². The molecule has 2 aliphatic rings. The van der Waals surface area contributed by atoms with Gasteiger partial charge < -0.3 is 9.64 Å². The SMILES string of the molecule is CCOC(=O)CCCN=C1C=CC2=Cc3ccc(N(C)C)cc3C(C)(C)C2=C1. The topological polar surface area (TPSA) is 41.9 Å². The molecule has 0 saturated carbocycles. The predicted octanol–water partition coefficient (Wildman–Crippen LogP) is 4.71. The van der Waals surface area contributed by atoms with Gasteiger partial charge in [0.15, 0.2) is 0 Å². The van der Waals surface area contributed by atoms with Gasteiger partial charge in [-0.05, 0) is 66.0 Å². The van der Waals surface area contributed by atoms with Crippen molar-refractivity contribution < 1.29 is 9.53 Å². The summed E-state index contributed by atoms with van der Waals surface area (Å²) < 4.78 is 4.97. The second kappa shape index (κ2) is 8.17. The van der Waals surface area contributed by atoms with E-state index in [2.05, 4.69) is 80.3 Å². The van der Waals surface area contributed by atoms with Gasteiger partial charge in [0.2, 0.25) is 0 Å². The minimum absolute atomic E-state index is 0.0953. The third-order valence-electron chi connectivity index (χ3n) is 5.39. The maximum atomic E-state index is 11.5. The summed E-state index contributed by atoms with van der Waals surface area (Å²) in [5, 5.41) is 0. The lowest BCUT2D eigenvalue weighted by atomic mass is 9.67. The van der Waals surface area contributed by atoms with Crippen LogP contribution in [0.3, 0.4) is 0 Å². The molecule has 4 heteroatoms. The van der Waals surface area contributed by atoms with Crippen molar-refractivity contribution in [3.63, 3.8) is 0 Å². The van der Waals surface area contributed by atoms with Crippen molar-refractivity contribution in [1.29, 1.82) is 0 Å². The fourth-order valence-electron chi connectivity index (χ4n) is 3.78. The quantitative estimate of drug-likeness (QED) is 0.532. The van der Waals surface area contributed by atoms with E-state index in [1.54, 1.807) is 0 Å². The molecule has 0 aliphatic heterocycles. The van der Waals surface area contributed by atoms with Gasteiger partial charge in [-0.2, -0.15) is 0 Å². The molecule has 0 heterocycles. The number of fused-ring (bicyclic) bond motifs is 2. The molecule has 28 heavy (non-hydrogen) atoms. The molecule has 2 aliphatic carbocycles. The van der Waals surface area contributed by atoms with Gasteiger partial charge in [-0.3, -0.25) is 9.79 Å². The van der Waals surface area contributed by atoms with E-state index >= 15 is 0 Å². The average molecular weight is 379 g/mol. The van der Waals surface area contributed by atoms with Crippen LogP contribution in [0.2, 0.25) is 0 Å². The van der Waals surface area contributed by atoms with E-state index < -0.39 is 0 Å². The van der Waals surface area contributed by atoms with E-state index in [-0.39, 0.29) is 11.4 Å². The van der Waals surface area contributed by atoms with Crippen LogP contribution >= 0.6 is 0 Å². The Hall–Kier alpha value is -2.62. The number of allylic oxidation sites excluding steroid dienone is 5. The number of nitrogens with zero attached hydrogens (tertiary/aromatic N) is 2. The maximum Gasteiger partial charge on any atom is 0.305 e. The first kappa shape index (κ1) is 20.1. The van der Waals surface area contributed by atoms with Crippen LogP contribution in [0.25, 0.3) is 6.08 Å². The van der Waals surface area contributed by atoms with Crippen LogP contribution in [0, 0.1) is 0 Å². The van der Waals surface area contributed by atoms with E-state index in [0.717, 1.165) is 5.71 Å². The third kappa shape index (κ3) is 4.11. The van der Waals surface area contributed by atoms with Gasteiger partial charge >= 0.3 is 5.97 Å². The molecule has 0 N–H and O–H groups in total. The minimum atomic E-state index is -0.146. The van der Waals surface area contributed by atoms with Crippen LogP contribution in [0.15, 0.2) is 52.6 Å². The first-order valence-electron chi connectivity index (χ1n) is 9.97. The highest BCUT2D eigenvalue weighted by molar-refractivity contribution is 6.08. The second-order valence-electron chi connectivity index (χ2n) is 8.00. The van der Waals surface area contributed by atoms with Crippen LogP contribution in [-0.4, -0.2) is 38.9 Å². The van der Waals surface area contributed by atoms with Crippen molar-refractivity contribution in [2.45, 2.75) is 39.0 Å². The fourth-order valence-corrected chi connectivity index (χ4v) is 3.78. The van der Waals surface area contributed by atoms with Gasteiger partial charge in [0.05, 0.1) is 12.3 Å². The molecule has 0 aromatic heterocycles. The maximum absolute atomic E-state index is 11.5. The van der Waals surface area contributed by atoms with Crippen molar-refractivity contribution in [2.24, 2.45) is 4.99 Å². The monoisotopic (exact) mass is 378 g/mol. The number of benzene rings is 1. The average Bonchev–Trinajstić information content (AvgIpc) is 2.65. The lowest BCUT2D eigenvalue weighted by molar-refractivity contribution is -0.143. The molecular weight excluding hydrogens is 348 g/mol. The molecule has 0 atom stereocenters. The van der Waals surface area contributed by atoms with Gasteiger partial charge in [-0.1, -0.05) is 26.0 Å². The number of carbonyl (C=O) groups is 1. The van der Waals surface area contributed by atoms with Crippen molar-refractivity contribution in [3.8, 4) is 0 Å². The molecule has 0 saturated heterocycles. The lowest BCUT2D eigenvalue weighted by Gasteiger charge is -2.37. The molecule has 1 aromatic rings. The number of esters is 1. The number of carbonyl (C=O) groups excluding carboxylic acids is 1. The number of rotatable bonds is 6. The molecule has 148 valence electrons. The van der Waals surface area contributed by atoms with Gasteiger partial charge in [0.1, 0.15) is 0 Å². The molecular formula is C24H30N2O2. The van der Waals surface area contributed by atoms with E-state index in [0.29, 0.717) is 26.0 Å². The minimum Gasteiger partial charge on any atom is -0.466 e. The summed E-state index contributed by atoms with van der Waals surface area (Å²) >= 11 is 0. The summed E-state index contributed by atoms with van der Waals surface area (Å²) in [4.78, 5) is 18.3. The Bertz CT molecular complexity index is 886. The highest BCUT2D eigenvalue weighted by atomic mass is 16.5.